The predicted molar refractivity (Wildman–Crippen MR) is 88.9 cm³/mol. The van der Waals surface area contributed by atoms with Crippen LogP contribution in [0.15, 0.2) is 46.4 Å². The second kappa shape index (κ2) is 7.50. The smallest absolute Gasteiger partial charge is 0.276 e. The van der Waals surface area contributed by atoms with Gasteiger partial charge in [0.2, 0.25) is 0 Å². The first-order chi connectivity index (χ1) is 11.4. The van der Waals surface area contributed by atoms with Crippen LogP contribution in [0, 0.1) is 5.82 Å². The van der Waals surface area contributed by atoms with Gasteiger partial charge in [0.05, 0.1) is 30.4 Å². The molecule has 0 atom stereocenters. The number of methoxy groups -OCH3 is 2. The highest BCUT2D eigenvalue weighted by Gasteiger charge is 2.13. The van der Waals surface area contributed by atoms with Crippen LogP contribution >= 0.6 is 11.6 Å². The molecule has 0 bridgehead atoms. The van der Waals surface area contributed by atoms with E-state index in [-0.39, 0.29) is 4.90 Å². The Kier molecular flexibility index (Phi) is 5.63. The number of nitrogens with one attached hydrogen (secondary N) is 1. The van der Waals surface area contributed by atoms with Crippen LogP contribution in [-0.4, -0.2) is 28.9 Å². The van der Waals surface area contributed by atoms with Crippen LogP contribution in [-0.2, 0) is 10.0 Å². The highest BCUT2D eigenvalue weighted by Crippen LogP contribution is 2.35. The Balaban J connectivity index is 2.19. The lowest BCUT2D eigenvalue weighted by Gasteiger charge is -2.10. The number of nitrogens with zero attached hydrogens (tertiary/aromatic N) is 1. The lowest BCUT2D eigenvalue weighted by molar-refractivity contribution is 0.355. The first-order valence-corrected chi connectivity index (χ1v) is 8.45. The van der Waals surface area contributed by atoms with Gasteiger partial charge in [0.15, 0.2) is 11.5 Å². The molecule has 0 saturated heterocycles. The van der Waals surface area contributed by atoms with Gasteiger partial charge in [-0.1, -0.05) is 11.6 Å². The number of sulfonamides is 1. The minimum atomic E-state index is -3.89. The van der Waals surface area contributed by atoms with Crippen molar-refractivity contribution < 1.29 is 22.3 Å². The van der Waals surface area contributed by atoms with E-state index in [1.165, 1.54) is 20.4 Å². The first-order valence-electron chi connectivity index (χ1n) is 6.59. The van der Waals surface area contributed by atoms with Crippen molar-refractivity contribution in [3.63, 3.8) is 0 Å². The molecule has 0 unspecified atom stereocenters. The molecule has 0 amide bonds. The number of ether oxygens (including phenoxy) is 2. The summed E-state index contributed by atoms with van der Waals surface area (Å²) in [7, 11) is -0.986. The summed E-state index contributed by atoms with van der Waals surface area (Å²) in [5, 5.41) is 3.96. The summed E-state index contributed by atoms with van der Waals surface area (Å²) in [4.78, 5) is 1.93. The molecular weight excluding hydrogens is 359 g/mol. The molecule has 0 fully saturated rings. The van der Waals surface area contributed by atoms with Gasteiger partial charge in [-0.15, -0.1) is 0 Å². The molecule has 128 valence electrons. The van der Waals surface area contributed by atoms with Crippen molar-refractivity contribution in [2.75, 3.05) is 14.2 Å². The Morgan fingerprint density at radius 1 is 1.17 bits per heavy atom. The van der Waals surface area contributed by atoms with Crippen LogP contribution in [0.2, 0.25) is 5.02 Å². The summed E-state index contributed by atoms with van der Waals surface area (Å²) in [6.45, 7) is 0. The molecule has 2 aromatic carbocycles. The van der Waals surface area contributed by atoms with Gasteiger partial charge in [0.1, 0.15) is 5.82 Å². The molecule has 0 aromatic heterocycles. The molecular formula is C15H14ClFN2O4S. The van der Waals surface area contributed by atoms with Gasteiger partial charge in [-0.2, -0.15) is 13.5 Å². The third-order valence-corrected chi connectivity index (χ3v) is 4.49. The van der Waals surface area contributed by atoms with Crippen LogP contribution in [0.1, 0.15) is 5.56 Å². The van der Waals surface area contributed by atoms with Crippen LogP contribution in [0.5, 0.6) is 11.5 Å². The number of hydrogen-bond acceptors (Lipinski definition) is 5. The monoisotopic (exact) mass is 372 g/mol. The number of hydrogen-bond donors (Lipinski definition) is 1. The van der Waals surface area contributed by atoms with E-state index < -0.39 is 15.8 Å². The Labute approximate surface area is 143 Å². The van der Waals surface area contributed by atoms with Crippen LogP contribution < -0.4 is 14.3 Å². The molecule has 0 radical (unpaired) electrons. The van der Waals surface area contributed by atoms with Crippen molar-refractivity contribution in [2.45, 2.75) is 4.90 Å². The summed E-state index contributed by atoms with van der Waals surface area (Å²) in [6.07, 6.45) is 1.26. The Bertz CT molecular complexity index is 855. The molecule has 0 aliphatic carbocycles. The summed E-state index contributed by atoms with van der Waals surface area (Å²) in [5.41, 5.74) is 0.499. The zero-order valence-electron chi connectivity index (χ0n) is 12.8. The fourth-order valence-corrected chi connectivity index (χ4v) is 2.94. The lowest BCUT2D eigenvalue weighted by atomic mass is 10.2. The summed E-state index contributed by atoms with van der Waals surface area (Å²) in [5.74, 6) is 0.216. The minimum absolute atomic E-state index is 0.105. The maximum Gasteiger partial charge on any atom is 0.276 e. The van der Waals surface area contributed by atoms with Crippen molar-refractivity contribution in [1.29, 1.82) is 0 Å². The lowest BCUT2D eigenvalue weighted by Crippen LogP contribution is -2.18. The minimum Gasteiger partial charge on any atom is -0.493 e. The molecule has 0 aliphatic heterocycles. The molecule has 1 N–H and O–H groups in total. The van der Waals surface area contributed by atoms with Gasteiger partial charge in [-0.05, 0) is 42.0 Å². The average molecular weight is 373 g/mol. The van der Waals surface area contributed by atoms with Crippen molar-refractivity contribution in [3.05, 3.63) is 52.8 Å². The van der Waals surface area contributed by atoms with Gasteiger partial charge < -0.3 is 9.47 Å². The SMILES string of the molecule is COc1cc(/C=N/NS(=O)(=O)c2ccc(F)cc2)cc(Cl)c1OC. The van der Waals surface area contributed by atoms with E-state index in [1.807, 2.05) is 4.83 Å². The molecule has 6 nitrogen and oxygen atoms in total. The van der Waals surface area contributed by atoms with Gasteiger partial charge in [-0.25, -0.2) is 9.22 Å². The fourth-order valence-electron chi connectivity index (χ4n) is 1.85. The van der Waals surface area contributed by atoms with Crippen molar-refractivity contribution in [1.82, 2.24) is 4.83 Å². The fraction of sp³-hybridized carbons (Fsp3) is 0.133. The van der Waals surface area contributed by atoms with E-state index in [0.717, 1.165) is 24.3 Å². The van der Waals surface area contributed by atoms with Gasteiger partial charge in [0, 0.05) is 0 Å². The summed E-state index contributed by atoms with van der Waals surface area (Å²) in [6, 6.07) is 7.50. The van der Waals surface area contributed by atoms with E-state index in [0.29, 0.717) is 22.1 Å². The maximum atomic E-state index is 12.8. The molecule has 0 saturated carbocycles. The second-order valence-corrected chi connectivity index (χ2v) is 6.61. The van der Waals surface area contributed by atoms with Gasteiger partial charge in [0.25, 0.3) is 10.0 Å². The summed E-state index contributed by atoms with van der Waals surface area (Å²) >= 11 is 6.05. The largest absolute Gasteiger partial charge is 0.493 e. The molecule has 2 aromatic rings. The molecule has 2 rings (SSSR count). The zero-order valence-corrected chi connectivity index (χ0v) is 14.4. The third kappa shape index (κ3) is 4.15. The van der Waals surface area contributed by atoms with Crippen LogP contribution in [0.4, 0.5) is 4.39 Å². The highest BCUT2D eigenvalue weighted by atomic mass is 35.5. The Morgan fingerprint density at radius 3 is 2.42 bits per heavy atom. The van der Waals surface area contributed by atoms with Gasteiger partial charge >= 0.3 is 0 Å². The molecule has 0 spiro atoms. The zero-order chi connectivity index (χ0) is 17.7. The third-order valence-electron chi connectivity index (χ3n) is 2.97. The molecule has 0 heterocycles. The normalized spacial score (nSPS) is 11.5. The highest BCUT2D eigenvalue weighted by molar-refractivity contribution is 7.89. The summed E-state index contributed by atoms with van der Waals surface area (Å²) < 4.78 is 47.1. The number of rotatable bonds is 6. The average Bonchev–Trinajstić information content (AvgIpc) is 2.54. The standard InChI is InChI=1S/C15H14ClFN2O4S/c1-22-14-8-10(7-13(16)15(14)23-2)9-18-19-24(20,21)12-5-3-11(17)4-6-12/h3-9,19H,1-2H3/b18-9+. The van der Waals surface area contributed by atoms with E-state index in [9.17, 15) is 12.8 Å². The van der Waals surface area contributed by atoms with Gasteiger partial charge in [-0.3, -0.25) is 0 Å². The number of hydrazone groups is 1. The van der Waals surface area contributed by atoms with E-state index in [1.54, 1.807) is 12.1 Å². The van der Waals surface area contributed by atoms with Crippen molar-refractivity contribution >= 4 is 27.8 Å². The van der Waals surface area contributed by atoms with Crippen LogP contribution in [0.25, 0.3) is 0 Å². The van der Waals surface area contributed by atoms with Crippen LogP contribution in [0.3, 0.4) is 0 Å². The van der Waals surface area contributed by atoms with E-state index in [4.69, 9.17) is 21.1 Å². The molecule has 9 heteroatoms. The first kappa shape index (κ1) is 18.0. The molecule has 24 heavy (non-hydrogen) atoms. The quantitative estimate of drug-likeness (QED) is 0.624. The predicted octanol–water partition coefficient (Wildman–Crippen LogP) is 2.81. The number of halogens is 2. The Morgan fingerprint density at radius 2 is 1.83 bits per heavy atom. The maximum absolute atomic E-state index is 12.8. The molecule has 0 aliphatic rings. The van der Waals surface area contributed by atoms with Crippen molar-refractivity contribution in [2.24, 2.45) is 5.10 Å². The Hall–Kier alpha value is -2.32. The topological polar surface area (TPSA) is 77.0 Å². The second-order valence-electron chi connectivity index (χ2n) is 4.55. The van der Waals surface area contributed by atoms with Crippen molar-refractivity contribution in [3.8, 4) is 11.5 Å². The number of benzene rings is 2. The van der Waals surface area contributed by atoms with E-state index >= 15 is 0 Å². The van der Waals surface area contributed by atoms with E-state index in [2.05, 4.69) is 5.10 Å².